The molecular formula is C13H22N2O2. The molecule has 1 N–H and O–H groups in total. The molecule has 0 bridgehead atoms. The van der Waals surface area contributed by atoms with Crippen LogP contribution in [0.15, 0.2) is 12.3 Å². The van der Waals surface area contributed by atoms with Crippen molar-refractivity contribution in [3.8, 4) is 11.5 Å². The Morgan fingerprint density at radius 3 is 2.71 bits per heavy atom. The Morgan fingerprint density at radius 1 is 1.35 bits per heavy atom. The second-order valence-corrected chi connectivity index (χ2v) is 4.14. The molecule has 17 heavy (non-hydrogen) atoms. The van der Waals surface area contributed by atoms with E-state index in [1.807, 2.05) is 0 Å². The van der Waals surface area contributed by atoms with Crippen LogP contribution in [0, 0.1) is 5.92 Å². The molecule has 1 heterocycles. The molecular weight excluding hydrogens is 216 g/mol. The van der Waals surface area contributed by atoms with Crippen molar-refractivity contribution in [2.45, 2.75) is 26.8 Å². The summed E-state index contributed by atoms with van der Waals surface area (Å²) in [5.41, 5.74) is 0.884. The molecule has 0 aromatic carbocycles. The normalized spacial score (nSPS) is 12.2. The number of nitrogens with zero attached hydrogens (tertiary/aromatic N) is 1. The number of hydrogen-bond donors (Lipinski definition) is 1. The van der Waals surface area contributed by atoms with E-state index in [4.69, 9.17) is 9.47 Å². The van der Waals surface area contributed by atoms with Gasteiger partial charge in [0, 0.05) is 18.8 Å². The molecule has 4 nitrogen and oxygen atoms in total. The van der Waals surface area contributed by atoms with Crippen LogP contribution in [-0.4, -0.2) is 25.7 Å². The van der Waals surface area contributed by atoms with Crippen molar-refractivity contribution >= 4 is 0 Å². The molecule has 4 heteroatoms. The predicted octanol–water partition coefficient (Wildman–Crippen LogP) is 2.23. The van der Waals surface area contributed by atoms with Crippen molar-refractivity contribution in [3.63, 3.8) is 0 Å². The van der Waals surface area contributed by atoms with Gasteiger partial charge in [-0.25, -0.2) is 0 Å². The van der Waals surface area contributed by atoms with Crippen LogP contribution in [0.1, 0.15) is 26.0 Å². The summed E-state index contributed by atoms with van der Waals surface area (Å²) in [6.07, 6.45) is 2.91. The maximum atomic E-state index is 5.32. The van der Waals surface area contributed by atoms with Gasteiger partial charge in [-0.2, -0.15) is 0 Å². The molecule has 0 aliphatic heterocycles. The summed E-state index contributed by atoms with van der Waals surface area (Å²) in [4.78, 5) is 4.31. The van der Waals surface area contributed by atoms with Crippen LogP contribution in [0.3, 0.4) is 0 Å². The van der Waals surface area contributed by atoms with E-state index in [0.29, 0.717) is 18.2 Å². The monoisotopic (exact) mass is 238 g/mol. The molecule has 1 atom stereocenters. The minimum atomic E-state index is 0.673. The fourth-order valence-corrected chi connectivity index (χ4v) is 1.56. The third kappa shape index (κ3) is 3.89. The smallest absolute Gasteiger partial charge is 0.183 e. The fourth-order valence-electron chi connectivity index (χ4n) is 1.56. The quantitative estimate of drug-likeness (QED) is 0.791. The van der Waals surface area contributed by atoms with E-state index < -0.39 is 0 Å². The van der Waals surface area contributed by atoms with E-state index in [-0.39, 0.29) is 0 Å². The lowest BCUT2D eigenvalue weighted by Gasteiger charge is -2.13. The van der Waals surface area contributed by atoms with Gasteiger partial charge in [0.05, 0.1) is 19.9 Å². The van der Waals surface area contributed by atoms with E-state index in [1.165, 1.54) is 6.42 Å². The maximum Gasteiger partial charge on any atom is 0.183 e. The number of rotatable bonds is 7. The molecule has 1 rings (SSSR count). The van der Waals surface area contributed by atoms with Gasteiger partial charge in [-0.3, -0.25) is 4.98 Å². The van der Waals surface area contributed by atoms with E-state index in [1.54, 1.807) is 26.5 Å². The Hall–Kier alpha value is -1.29. The third-order valence-corrected chi connectivity index (χ3v) is 2.85. The molecule has 0 fully saturated rings. The lowest BCUT2D eigenvalue weighted by Crippen LogP contribution is -2.21. The van der Waals surface area contributed by atoms with E-state index in [0.717, 1.165) is 18.0 Å². The Bertz CT molecular complexity index is 342. The molecule has 1 unspecified atom stereocenters. The van der Waals surface area contributed by atoms with Crippen molar-refractivity contribution in [2.75, 3.05) is 20.8 Å². The Balaban J connectivity index is 2.64. The average Bonchev–Trinajstić information content (AvgIpc) is 2.37. The highest BCUT2D eigenvalue weighted by molar-refractivity contribution is 5.42. The molecule has 96 valence electrons. The molecule has 0 spiro atoms. The van der Waals surface area contributed by atoms with Gasteiger partial charge in [0.15, 0.2) is 11.5 Å². The number of pyridine rings is 1. The number of ether oxygens (including phenoxy) is 2. The zero-order valence-electron chi connectivity index (χ0n) is 11.1. The van der Waals surface area contributed by atoms with Crippen molar-refractivity contribution < 1.29 is 9.47 Å². The number of hydrogen-bond acceptors (Lipinski definition) is 4. The molecule has 0 amide bonds. The highest BCUT2D eigenvalue weighted by Crippen LogP contribution is 2.28. The molecule has 0 radical (unpaired) electrons. The first-order chi connectivity index (χ1) is 8.22. The van der Waals surface area contributed by atoms with Crippen molar-refractivity contribution in [1.82, 2.24) is 10.3 Å². The van der Waals surface area contributed by atoms with Crippen LogP contribution in [0.2, 0.25) is 0 Å². The van der Waals surface area contributed by atoms with E-state index in [9.17, 15) is 0 Å². The van der Waals surface area contributed by atoms with E-state index >= 15 is 0 Å². The SMILES string of the molecule is CCC(C)CNCc1nccc(OC)c1OC. The van der Waals surface area contributed by atoms with Crippen molar-refractivity contribution in [1.29, 1.82) is 0 Å². The van der Waals surface area contributed by atoms with Crippen LogP contribution in [0.4, 0.5) is 0 Å². The van der Waals surface area contributed by atoms with Crippen molar-refractivity contribution in [3.05, 3.63) is 18.0 Å². The second kappa shape index (κ2) is 7.12. The van der Waals surface area contributed by atoms with Gasteiger partial charge in [-0.05, 0) is 12.5 Å². The van der Waals surface area contributed by atoms with Crippen LogP contribution < -0.4 is 14.8 Å². The summed E-state index contributed by atoms with van der Waals surface area (Å²) in [6.45, 7) is 6.10. The summed E-state index contributed by atoms with van der Waals surface area (Å²) in [7, 11) is 3.27. The third-order valence-electron chi connectivity index (χ3n) is 2.85. The fraction of sp³-hybridized carbons (Fsp3) is 0.615. The summed E-state index contributed by atoms with van der Waals surface area (Å²) in [5, 5.41) is 3.38. The zero-order chi connectivity index (χ0) is 12.7. The zero-order valence-corrected chi connectivity index (χ0v) is 11.1. The predicted molar refractivity (Wildman–Crippen MR) is 68.5 cm³/mol. The van der Waals surface area contributed by atoms with Crippen LogP contribution >= 0.6 is 0 Å². The van der Waals surface area contributed by atoms with Gasteiger partial charge in [-0.15, -0.1) is 0 Å². The Labute approximate surface area is 103 Å². The molecule has 1 aromatic rings. The molecule has 0 aliphatic rings. The number of nitrogens with one attached hydrogen (secondary N) is 1. The van der Waals surface area contributed by atoms with Crippen LogP contribution in [0.25, 0.3) is 0 Å². The highest BCUT2D eigenvalue weighted by atomic mass is 16.5. The summed E-state index contributed by atoms with van der Waals surface area (Å²) in [6, 6.07) is 1.80. The lowest BCUT2D eigenvalue weighted by atomic mass is 10.1. The summed E-state index contributed by atoms with van der Waals surface area (Å²) in [5.74, 6) is 2.11. The molecule has 0 saturated carbocycles. The van der Waals surface area contributed by atoms with Gasteiger partial charge in [0.1, 0.15) is 0 Å². The topological polar surface area (TPSA) is 43.4 Å². The minimum absolute atomic E-state index is 0.673. The van der Waals surface area contributed by atoms with Crippen LogP contribution in [0.5, 0.6) is 11.5 Å². The maximum absolute atomic E-state index is 5.32. The molecule has 0 aliphatic carbocycles. The highest BCUT2D eigenvalue weighted by Gasteiger charge is 2.10. The Kier molecular flexibility index (Phi) is 5.77. The standard InChI is InChI=1S/C13H22N2O2/c1-5-10(2)8-14-9-11-13(17-4)12(16-3)6-7-15-11/h6-7,10,14H,5,8-9H2,1-4H3. The number of methoxy groups -OCH3 is 2. The van der Waals surface area contributed by atoms with Gasteiger partial charge in [0.25, 0.3) is 0 Å². The summed E-state index contributed by atoms with van der Waals surface area (Å²) < 4.78 is 10.6. The molecule has 0 saturated heterocycles. The second-order valence-electron chi connectivity index (χ2n) is 4.14. The first-order valence-corrected chi connectivity index (χ1v) is 5.99. The van der Waals surface area contributed by atoms with Crippen LogP contribution in [-0.2, 0) is 6.54 Å². The first-order valence-electron chi connectivity index (χ1n) is 5.99. The van der Waals surface area contributed by atoms with E-state index in [2.05, 4.69) is 24.1 Å². The van der Waals surface area contributed by atoms with Gasteiger partial charge >= 0.3 is 0 Å². The molecule has 1 aromatic heterocycles. The minimum Gasteiger partial charge on any atom is -0.493 e. The van der Waals surface area contributed by atoms with Gasteiger partial charge in [0.2, 0.25) is 0 Å². The average molecular weight is 238 g/mol. The number of aromatic nitrogens is 1. The first kappa shape index (κ1) is 13.8. The Morgan fingerprint density at radius 2 is 2.12 bits per heavy atom. The van der Waals surface area contributed by atoms with Gasteiger partial charge in [-0.1, -0.05) is 20.3 Å². The van der Waals surface area contributed by atoms with Gasteiger partial charge < -0.3 is 14.8 Å². The summed E-state index contributed by atoms with van der Waals surface area (Å²) >= 11 is 0. The largest absolute Gasteiger partial charge is 0.493 e. The van der Waals surface area contributed by atoms with Crippen molar-refractivity contribution in [2.24, 2.45) is 5.92 Å². The lowest BCUT2D eigenvalue weighted by molar-refractivity contribution is 0.347.